The molecule has 1 heterocycles. The average molecular weight is 430 g/mol. The lowest BCUT2D eigenvalue weighted by Crippen LogP contribution is -2.36. The lowest BCUT2D eigenvalue weighted by molar-refractivity contribution is -0.157. The number of fused-ring (bicyclic) bond motifs is 1. The summed E-state index contributed by atoms with van der Waals surface area (Å²) >= 11 is 6.20. The monoisotopic (exact) mass is 429 g/mol. The van der Waals surface area contributed by atoms with Gasteiger partial charge >= 0.3 is 11.9 Å². The number of carbonyl (C=O) groups excluding carboxylic acids is 2. The Hall–Kier alpha value is -3.32. The summed E-state index contributed by atoms with van der Waals surface area (Å²) in [5.74, 6) is -0.914. The first-order valence-electron chi connectivity index (χ1n) is 9.11. The first-order chi connectivity index (χ1) is 14.3. The van der Waals surface area contributed by atoms with Crippen molar-refractivity contribution in [3.63, 3.8) is 0 Å². The van der Waals surface area contributed by atoms with Gasteiger partial charge in [-0.05, 0) is 36.8 Å². The van der Waals surface area contributed by atoms with Crippen molar-refractivity contribution >= 4 is 34.4 Å². The Morgan fingerprint density at radius 3 is 2.67 bits per heavy atom. The maximum Gasteiger partial charge on any atom is 0.396 e. The molecule has 3 rings (SSSR count). The zero-order valence-electron chi connectivity index (χ0n) is 16.7. The van der Waals surface area contributed by atoms with Crippen LogP contribution in [0, 0.1) is 6.92 Å². The highest BCUT2D eigenvalue weighted by molar-refractivity contribution is 6.34. The predicted octanol–water partition coefficient (Wildman–Crippen LogP) is 3.43. The van der Waals surface area contributed by atoms with Gasteiger partial charge in [0.25, 0.3) is 0 Å². The maximum absolute atomic E-state index is 12.5. The highest BCUT2D eigenvalue weighted by Crippen LogP contribution is 2.33. The van der Waals surface area contributed by atoms with Crippen LogP contribution in [0.2, 0.25) is 5.02 Å². The average Bonchev–Trinajstić information content (AvgIpc) is 2.73. The van der Waals surface area contributed by atoms with E-state index in [0.717, 1.165) is 12.7 Å². The van der Waals surface area contributed by atoms with Gasteiger partial charge in [0.1, 0.15) is 18.1 Å². The lowest BCUT2D eigenvalue weighted by Gasteiger charge is -2.17. The van der Waals surface area contributed by atoms with E-state index >= 15 is 0 Å². The number of benzene rings is 2. The number of hydrogen-bond acceptors (Lipinski definition) is 6. The van der Waals surface area contributed by atoms with E-state index in [4.69, 9.17) is 20.8 Å². The Kier molecular flexibility index (Phi) is 6.42. The molecular weight excluding hydrogens is 410 g/mol. The van der Waals surface area contributed by atoms with Crippen LogP contribution in [0.1, 0.15) is 5.56 Å². The second-order valence-electron chi connectivity index (χ2n) is 6.66. The van der Waals surface area contributed by atoms with Gasteiger partial charge in [-0.25, -0.2) is 4.79 Å². The smallest absolute Gasteiger partial charge is 0.396 e. The molecule has 0 unspecified atom stereocenters. The maximum atomic E-state index is 12.5. The molecule has 0 aliphatic carbocycles. The number of rotatable bonds is 5. The van der Waals surface area contributed by atoms with Crippen molar-refractivity contribution in [2.75, 3.05) is 27.3 Å². The fourth-order valence-corrected chi connectivity index (χ4v) is 3.08. The minimum atomic E-state index is -0.941. The third kappa shape index (κ3) is 4.46. The summed E-state index contributed by atoms with van der Waals surface area (Å²) < 4.78 is 16.2. The fourth-order valence-electron chi connectivity index (χ4n) is 2.87. The van der Waals surface area contributed by atoms with Crippen LogP contribution in [-0.4, -0.2) is 44.1 Å². The van der Waals surface area contributed by atoms with Crippen LogP contribution in [0.5, 0.6) is 5.75 Å². The molecule has 1 aromatic heterocycles. The van der Waals surface area contributed by atoms with E-state index < -0.39 is 11.9 Å². The van der Waals surface area contributed by atoms with Crippen LogP contribution in [0.25, 0.3) is 22.3 Å². The normalized spacial score (nSPS) is 10.7. The quantitative estimate of drug-likeness (QED) is 0.456. The fraction of sp³-hybridized carbons (Fsp3) is 0.227. The number of aryl methyl sites for hydroxylation is 1. The number of ether oxygens (including phenoxy) is 2. The zero-order chi connectivity index (χ0) is 21.8. The van der Waals surface area contributed by atoms with Crippen molar-refractivity contribution < 1.29 is 23.5 Å². The molecule has 0 bridgehead atoms. The Balaban J connectivity index is 1.89. The van der Waals surface area contributed by atoms with Crippen molar-refractivity contribution in [3.8, 4) is 17.1 Å². The summed E-state index contributed by atoms with van der Waals surface area (Å²) in [5, 5.41) is 0.729. The summed E-state index contributed by atoms with van der Waals surface area (Å²) in [5.41, 5.74) is 1.59. The molecule has 0 saturated heterocycles. The number of likely N-dealkylation sites (N-methyl/N-ethyl adjacent to an activating group) is 1. The van der Waals surface area contributed by atoms with E-state index in [1.165, 1.54) is 18.0 Å². The number of carbonyl (C=O) groups is 2. The van der Waals surface area contributed by atoms with E-state index in [-0.39, 0.29) is 18.6 Å². The molecule has 30 heavy (non-hydrogen) atoms. The van der Waals surface area contributed by atoms with Crippen molar-refractivity contribution in [1.82, 2.24) is 4.90 Å². The van der Waals surface area contributed by atoms with Crippen molar-refractivity contribution in [1.29, 1.82) is 0 Å². The lowest BCUT2D eigenvalue weighted by atomic mass is 10.1. The van der Waals surface area contributed by atoms with Gasteiger partial charge in [-0.1, -0.05) is 23.7 Å². The summed E-state index contributed by atoms with van der Waals surface area (Å²) in [6, 6.07) is 11.8. The molecule has 0 aliphatic rings. The Morgan fingerprint density at radius 2 is 1.93 bits per heavy atom. The molecule has 0 fully saturated rings. The molecule has 2 aromatic carbocycles. The molecule has 1 amide bonds. The molecule has 0 saturated carbocycles. The first kappa shape index (κ1) is 21.4. The zero-order valence-corrected chi connectivity index (χ0v) is 17.5. The van der Waals surface area contributed by atoms with Crippen LogP contribution in [0.15, 0.2) is 51.7 Å². The minimum absolute atomic E-state index is 0.119. The standard InChI is InChI=1S/C22H20ClNO6/c1-13-7-8-15(18(11-13)29-10-9-24(2)21(26)22(27)28-3)19-12-17(25)14-5-4-6-16(23)20(14)30-19/h4-8,11-12H,9-10H2,1-3H3. The topological polar surface area (TPSA) is 86.0 Å². The minimum Gasteiger partial charge on any atom is -0.491 e. The predicted molar refractivity (Wildman–Crippen MR) is 113 cm³/mol. The molecule has 7 nitrogen and oxygen atoms in total. The van der Waals surface area contributed by atoms with Crippen molar-refractivity contribution in [2.24, 2.45) is 0 Å². The number of hydrogen-bond donors (Lipinski definition) is 0. The van der Waals surface area contributed by atoms with Crippen molar-refractivity contribution in [2.45, 2.75) is 6.92 Å². The van der Waals surface area contributed by atoms with Crippen LogP contribution in [0.4, 0.5) is 0 Å². The molecule has 0 atom stereocenters. The van der Waals surface area contributed by atoms with Crippen molar-refractivity contribution in [3.05, 3.63) is 63.3 Å². The first-order valence-corrected chi connectivity index (χ1v) is 9.49. The van der Waals surface area contributed by atoms with Gasteiger partial charge in [-0.15, -0.1) is 0 Å². The van der Waals surface area contributed by atoms with Gasteiger partial charge < -0.3 is 18.8 Å². The second-order valence-corrected chi connectivity index (χ2v) is 7.06. The van der Waals surface area contributed by atoms with Gasteiger partial charge in [0, 0.05) is 13.1 Å². The van der Waals surface area contributed by atoms with Gasteiger partial charge in [0.05, 0.1) is 29.6 Å². The highest BCUT2D eigenvalue weighted by Gasteiger charge is 2.19. The Labute approximate surface area is 177 Å². The number of methoxy groups -OCH3 is 1. The molecule has 8 heteroatoms. The third-order valence-corrected chi connectivity index (χ3v) is 4.80. The van der Waals surface area contributed by atoms with E-state index in [2.05, 4.69) is 4.74 Å². The van der Waals surface area contributed by atoms with Gasteiger partial charge in [-0.3, -0.25) is 9.59 Å². The van der Waals surface area contributed by atoms with E-state index in [0.29, 0.717) is 33.1 Å². The Bertz CT molecular complexity index is 1170. The molecule has 0 radical (unpaired) electrons. The number of esters is 1. The summed E-state index contributed by atoms with van der Waals surface area (Å²) in [6.45, 7) is 2.18. The SMILES string of the molecule is COC(=O)C(=O)N(C)CCOc1cc(C)ccc1-c1cc(=O)c2cccc(Cl)c2o1. The van der Waals surface area contributed by atoms with Crippen LogP contribution in [-0.2, 0) is 14.3 Å². The summed E-state index contributed by atoms with van der Waals surface area (Å²) in [7, 11) is 2.62. The molecule has 0 spiro atoms. The van der Waals surface area contributed by atoms with Gasteiger partial charge in [0.2, 0.25) is 0 Å². The van der Waals surface area contributed by atoms with Gasteiger partial charge in [-0.2, -0.15) is 0 Å². The van der Waals surface area contributed by atoms with Crippen LogP contribution >= 0.6 is 11.6 Å². The molecule has 3 aromatic rings. The third-order valence-electron chi connectivity index (χ3n) is 4.50. The highest BCUT2D eigenvalue weighted by atomic mass is 35.5. The second kappa shape index (κ2) is 9.00. The van der Waals surface area contributed by atoms with E-state index in [1.807, 2.05) is 13.0 Å². The largest absolute Gasteiger partial charge is 0.491 e. The van der Waals surface area contributed by atoms with Crippen LogP contribution < -0.4 is 10.2 Å². The Morgan fingerprint density at radius 1 is 1.17 bits per heavy atom. The summed E-state index contributed by atoms with van der Waals surface area (Å²) in [6.07, 6.45) is 0. The molecule has 0 aliphatic heterocycles. The number of para-hydroxylation sites is 1. The number of amides is 1. The molecule has 0 N–H and O–H groups in total. The van der Waals surface area contributed by atoms with E-state index in [1.54, 1.807) is 30.3 Å². The summed E-state index contributed by atoms with van der Waals surface area (Å²) in [4.78, 5) is 36.8. The van der Waals surface area contributed by atoms with Gasteiger partial charge in [0.15, 0.2) is 11.0 Å². The van der Waals surface area contributed by atoms with E-state index in [9.17, 15) is 14.4 Å². The van der Waals surface area contributed by atoms with Crippen LogP contribution in [0.3, 0.4) is 0 Å². The number of halogens is 1. The molecular formula is C22H20ClNO6. The number of nitrogens with zero attached hydrogens (tertiary/aromatic N) is 1. The molecule has 156 valence electrons.